The first kappa shape index (κ1) is 23.0. The van der Waals surface area contributed by atoms with E-state index >= 15 is 0 Å². The zero-order valence-corrected chi connectivity index (χ0v) is 19.7. The van der Waals surface area contributed by atoms with Crippen molar-refractivity contribution < 1.29 is 18.8 Å². The summed E-state index contributed by atoms with van der Waals surface area (Å²) < 4.78 is 10.8. The van der Waals surface area contributed by atoms with Gasteiger partial charge in [-0.3, -0.25) is 4.79 Å². The highest BCUT2D eigenvalue weighted by atomic mass is 35.5. The van der Waals surface area contributed by atoms with Crippen LogP contribution in [0.4, 0.5) is 4.79 Å². The second kappa shape index (κ2) is 9.74. The molecule has 4 rings (SSSR count). The number of carbonyl (C=O) groups is 2. The van der Waals surface area contributed by atoms with Crippen molar-refractivity contribution in [3.8, 4) is 5.75 Å². The minimum absolute atomic E-state index is 0.0115. The number of carbonyl (C=O) groups excluding carboxylic acids is 2. The topological polar surface area (TPSA) is 104 Å². The number of hydrogen-bond acceptors (Lipinski definition) is 5. The van der Waals surface area contributed by atoms with E-state index in [1.807, 2.05) is 31.2 Å². The fourth-order valence-corrected chi connectivity index (χ4v) is 4.28. The molecule has 0 spiro atoms. The molecule has 1 aromatic carbocycles. The number of rotatable bonds is 6. The predicted octanol–water partition coefficient (Wildman–Crippen LogP) is 3.85. The molecule has 0 radical (unpaired) electrons. The number of likely N-dealkylation sites (tertiary alicyclic amines) is 1. The summed E-state index contributed by atoms with van der Waals surface area (Å²) in [5.74, 6) is 1.30. The van der Waals surface area contributed by atoms with Crippen LogP contribution in [0.3, 0.4) is 0 Å². The summed E-state index contributed by atoms with van der Waals surface area (Å²) in [6.07, 6.45) is 1.78. The molecule has 3 amide bonds. The first-order valence-electron chi connectivity index (χ1n) is 10.9. The van der Waals surface area contributed by atoms with Crippen LogP contribution in [0.2, 0.25) is 5.02 Å². The monoisotopic (exact) mass is 473 g/mol. The quantitative estimate of drug-likeness (QED) is 0.566. The van der Waals surface area contributed by atoms with Gasteiger partial charge >= 0.3 is 6.03 Å². The summed E-state index contributed by atoms with van der Waals surface area (Å²) >= 11 is 6.39. The molecule has 1 fully saturated rings. The highest BCUT2D eigenvalue weighted by molar-refractivity contribution is 6.32. The fourth-order valence-electron chi connectivity index (χ4n) is 4.05. The van der Waals surface area contributed by atoms with Crippen LogP contribution < -0.4 is 10.1 Å². The second-order valence-corrected chi connectivity index (χ2v) is 8.82. The lowest BCUT2D eigenvalue weighted by Crippen LogP contribution is -2.52. The normalized spacial score (nSPS) is 16.1. The van der Waals surface area contributed by atoms with Gasteiger partial charge < -0.3 is 29.4 Å². The van der Waals surface area contributed by atoms with E-state index in [4.69, 9.17) is 20.9 Å². The summed E-state index contributed by atoms with van der Waals surface area (Å²) in [6, 6.07) is 7.26. The fraction of sp³-hybridized carbons (Fsp3) is 0.435. The number of nitrogens with zero attached hydrogens (tertiary/aromatic N) is 3. The molecule has 0 aliphatic carbocycles. The summed E-state index contributed by atoms with van der Waals surface area (Å²) in [7, 11) is 1.77. The Balaban J connectivity index is 1.36. The van der Waals surface area contributed by atoms with E-state index in [-0.39, 0.29) is 24.6 Å². The van der Waals surface area contributed by atoms with Crippen molar-refractivity contribution in [3.05, 3.63) is 46.4 Å². The van der Waals surface area contributed by atoms with E-state index < -0.39 is 0 Å². The van der Waals surface area contributed by atoms with E-state index in [2.05, 4.69) is 15.5 Å². The summed E-state index contributed by atoms with van der Waals surface area (Å²) in [4.78, 5) is 31.1. The van der Waals surface area contributed by atoms with Crippen molar-refractivity contribution in [1.29, 1.82) is 0 Å². The Hall–Kier alpha value is -3.20. The van der Waals surface area contributed by atoms with Crippen LogP contribution in [0.1, 0.15) is 36.9 Å². The Kier molecular flexibility index (Phi) is 6.78. The molecule has 176 valence electrons. The third-order valence-electron chi connectivity index (χ3n) is 5.92. The first-order chi connectivity index (χ1) is 15.8. The number of aromatic amines is 1. The van der Waals surface area contributed by atoms with Crippen LogP contribution in [0.25, 0.3) is 10.9 Å². The Morgan fingerprint density at radius 1 is 1.36 bits per heavy atom. The largest absolute Gasteiger partial charge is 0.486 e. The number of ether oxygens (including phenoxy) is 1. The standard InChI is InChI=1S/C23H28ClN5O4/c1-14-7-18(27-33-14)13-32-22-10-21-16(9-20(22)24)8-17(26-21)11-25-23(31)28(3)19-5-4-6-29(12-19)15(2)30/h7-10,19,26H,4-6,11-13H2,1-3H3,(H,25,31). The van der Waals surface area contributed by atoms with Gasteiger partial charge in [0.2, 0.25) is 5.91 Å². The average molecular weight is 474 g/mol. The van der Waals surface area contributed by atoms with Gasteiger partial charge in [0, 0.05) is 55.8 Å². The number of aryl methyl sites for hydroxylation is 1. The van der Waals surface area contributed by atoms with Crippen LogP contribution in [-0.2, 0) is 17.9 Å². The molecule has 1 aliphatic heterocycles. The van der Waals surface area contributed by atoms with Gasteiger partial charge in [0.15, 0.2) is 0 Å². The minimum atomic E-state index is -0.172. The Morgan fingerprint density at radius 2 is 2.18 bits per heavy atom. The Bertz CT molecular complexity index is 1160. The molecule has 9 nitrogen and oxygen atoms in total. The summed E-state index contributed by atoms with van der Waals surface area (Å²) in [6.45, 7) is 5.30. The van der Waals surface area contributed by atoms with Gasteiger partial charge in [0.1, 0.15) is 23.8 Å². The number of urea groups is 1. The molecule has 0 bridgehead atoms. The van der Waals surface area contributed by atoms with Crippen molar-refractivity contribution in [3.63, 3.8) is 0 Å². The number of fused-ring (bicyclic) bond motifs is 1. The highest BCUT2D eigenvalue weighted by Crippen LogP contribution is 2.31. The molecular formula is C23H28ClN5O4. The third kappa shape index (κ3) is 5.42. The average Bonchev–Trinajstić information content (AvgIpc) is 3.40. The van der Waals surface area contributed by atoms with Crippen LogP contribution in [0.5, 0.6) is 5.75 Å². The lowest BCUT2D eigenvalue weighted by atomic mass is 10.0. The molecule has 1 unspecified atom stereocenters. The number of amides is 3. The lowest BCUT2D eigenvalue weighted by molar-refractivity contribution is -0.130. The smallest absolute Gasteiger partial charge is 0.317 e. The van der Waals surface area contributed by atoms with E-state index in [0.29, 0.717) is 29.6 Å². The number of halogens is 1. The lowest BCUT2D eigenvalue weighted by Gasteiger charge is -2.37. The first-order valence-corrected chi connectivity index (χ1v) is 11.3. The van der Waals surface area contributed by atoms with Gasteiger partial charge in [0.25, 0.3) is 0 Å². The minimum Gasteiger partial charge on any atom is -0.486 e. The number of aromatic nitrogens is 2. The number of benzene rings is 1. The van der Waals surface area contributed by atoms with Gasteiger partial charge in [-0.1, -0.05) is 16.8 Å². The zero-order valence-electron chi connectivity index (χ0n) is 19.0. The SMILES string of the molecule is CC(=O)N1CCCC(N(C)C(=O)NCc2cc3cc(Cl)c(OCc4cc(C)on4)cc3[nH]2)C1. The maximum absolute atomic E-state index is 12.7. The number of hydrogen-bond donors (Lipinski definition) is 2. The van der Waals surface area contributed by atoms with Crippen LogP contribution >= 0.6 is 11.6 Å². The summed E-state index contributed by atoms with van der Waals surface area (Å²) in [5, 5.41) is 8.28. The molecule has 3 heterocycles. The Labute approximate surface area is 197 Å². The molecule has 1 saturated heterocycles. The van der Waals surface area contributed by atoms with Gasteiger partial charge in [0.05, 0.1) is 17.6 Å². The van der Waals surface area contributed by atoms with E-state index in [0.717, 1.165) is 41.7 Å². The van der Waals surface area contributed by atoms with Crippen molar-refractivity contribution in [1.82, 2.24) is 25.3 Å². The van der Waals surface area contributed by atoms with Crippen LogP contribution in [-0.4, -0.2) is 58.1 Å². The number of H-pyrrole nitrogens is 1. The maximum atomic E-state index is 12.7. The van der Waals surface area contributed by atoms with Crippen LogP contribution in [0.15, 0.2) is 28.8 Å². The van der Waals surface area contributed by atoms with Crippen molar-refractivity contribution in [2.45, 2.75) is 45.9 Å². The van der Waals surface area contributed by atoms with Crippen molar-refractivity contribution in [2.75, 3.05) is 20.1 Å². The molecular weight excluding hydrogens is 446 g/mol. The Morgan fingerprint density at radius 3 is 2.91 bits per heavy atom. The molecule has 3 aromatic rings. The molecule has 2 aromatic heterocycles. The molecule has 10 heteroatoms. The number of likely N-dealkylation sites (N-methyl/N-ethyl adjacent to an activating group) is 1. The van der Waals surface area contributed by atoms with E-state index in [1.165, 1.54) is 0 Å². The molecule has 0 saturated carbocycles. The predicted molar refractivity (Wildman–Crippen MR) is 124 cm³/mol. The molecule has 2 N–H and O–H groups in total. The molecule has 1 aliphatic rings. The summed E-state index contributed by atoms with van der Waals surface area (Å²) in [5.41, 5.74) is 2.39. The van der Waals surface area contributed by atoms with E-state index in [1.54, 1.807) is 23.8 Å². The van der Waals surface area contributed by atoms with Gasteiger partial charge in [-0.2, -0.15) is 0 Å². The number of nitrogens with one attached hydrogen (secondary N) is 2. The number of piperidine rings is 1. The van der Waals surface area contributed by atoms with E-state index in [9.17, 15) is 9.59 Å². The highest BCUT2D eigenvalue weighted by Gasteiger charge is 2.27. The maximum Gasteiger partial charge on any atom is 0.317 e. The van der Waals surface area contributed by atoms with Crippen LogP contribution in [0, 0.1) is 6.92 Å². The second-order valence-electron chi connectivity index (χ2n) is 8.41. The van der Waals surface area contributed by atoms with Crippen molar-refractivity contribution >= 4 is 34.4 Å². The van der Waals surface area contributed by atoms with Crippen molar-refractivity contribution in [2.24, 2.45) is 0 Å². The molecule has 33 heavy (non-hydrogen) atoms. The van der Waals surface area contributed by atoms with Gasteiger partial charge in [-0.05, 0) is 31.9 Å². The van der Waals surface area contributed by atoms with Gasteiger partial charge in [-0.15, -0.1) is 0 Å². The molecule has 1 atom stereocenters. The third-order valence-corrected chi connectivity index (χ3v) is 6.22. The van der Waals surface area contributed by atoms with Gasteiger partial charge in [-0.25, -0.2) is 4.79 Å². The zero-order chi connectivity index (χ0) is 23.5.